The van der Waals surface area contributed by atoms with Gasteiger partial charge in [0, 0.05) is 19.2 Å². The van der Waals surface area contributed by atoms with Gasteiger partial charge in [-0.3, -0.25) is 9.59 Å². The number of halogens is 1. The number of rotatable bonds is 3. The fraction of sp³-hybridized carbons (Fsp3) is 0.333. The normalized spacial score (nSPS) is 18.5. The molecule has 0 saturated carbocycles. The van der Waals surface area contributed by atoms with E-state index < -0.39 is 0 Å². The van der Waals surface area contributed by atoms with Gasteiger partial charge in [0.2, 0.25) is 5.91 Å². The van der Waals surface area contributed by atoms with E-state index in [1.165, 1.54) is 25.3 Å². The van der Waals surface area contributed by atoms with Crippen LogP contribution in [0.4, 0.5) is 4.39 Å². The van der Waals surface area contributed by atoms with Gasteiger partial charge in [-0.25, -0.2) is 4.39 Å². The summed E-state index contributed by atoms with van der Waals surface area (Å²) < 4.78 is 17.7. The Bertz CT molecular complexity index is 542. The zero-order valence-corrected chi connectivity index (χ0v) is 11.2. The van der Waals surface area contributed by atoms with Crippen LogP contribution < -0.4 is 0 Å². The Morgan fingerprint density at radius 1 is 1.45 bits per heavy atom. The predicted molar refractivity (Wildman–Crippen MR) is 72.1 cm³/mol. The summed E-state index contributed by atoms with van der Waals surface area (Å²) >= 11 is 0. The van der Waals surface area contributed by atoms with Gasteiger partial charge in [-0.1, -0.05) is 12.1 Å². The van der Waals surface area contributed by atoms with E-state index in [1.807, 2.05) is 0 Å². The van der Waals surface area contributed by atoms with Gasteiger partial charge in [0.1, 0.15) is 5.82 Å². The molecule has 1 aliphatic rings. The third-order valence-electron chi connectivity index (χ3n) is 3.30. The molecule has 106 valence electrons. The second-order valence-electron chi connectivity index (χ2n) is 4.68. The number of hydrogen-bond donors (Lipinski definition) is 0. The Labute approximate surface area is 116 Å². The Morgan fingerprint density at radius 3 is 2.95 bits per heavy atom. The zero-order chi connectivity index (χ0) is 14.5. The van der Waals surface area contributed by atoms with E-state index in [2.05, 4.69) is 4.74 Å². The molecule has 2 rings (SSSR count). The lowest BCUT2D eigenvalue weighted by atomic mass is 10.1. The zero-order valence-electron chi connectivity index (χ0n) is 11.2. The van der Waals surface area contributed by atoms with Crippen LogP contribution in [0.25, 0.3) is 6.08 Å². The summed E-state index contributed by atoms with van der Waals surface area (Å²) in [6.45, 7) is 0.908. The first-order valence-electron chi connectivity index (χ1n) is 6.40. The van der Waals surface area contributed by atoms with Crippen molar-refractivity contribution in [3.63, 3.8) is 0 Å². The first kappa shape index (κ1) is 14.2. The molecule has 1 atom stereocenters. The summed E-state index contributed by atoms with van der Waals surface area (Å²) in [4.78, 5) is 24.9. The largest absolute Gasteiger partial charge is 0.469 e. The number of likely N-dealkylation sites (tertiary alicyclic amines) is 1. The molecule has 0 spiro atoms. The van der Waals surface area contributed by atoms with E-state index >= 15 is 0 Å². The highest BCUT2D eigenvalue weighted by Gasteiger charge is 2.30. The second kappa shape index (κ2) is 6.32. The Morgan fingerprint density at radius 2 is 2.25 bits per heavy atom. The number of carbonyl (C=O) groups excluding carboxylic acids is 2. The maximum atomic E-state index is 13.0. The lowest BCUT2D eigenvalue weighted by molar-refractivity contribution is -0.145. The standard InChI is InChI=1S/C15H16FNO3/c1-20-15(19)12-7-8-17(10-12)14(18)6-5-11-3-2-4-13(16)9-11/h2-6,9,12H,7-8,10H2,1H3/b6-5+. The summed E-state index contributed by atoms with van der Waals surface area (Å²) in [6.07, 6.45) is 3.58. The van der Waals surface area contributed by atoms with Crippen molar-refractivity contribution in [1.29, 1.82) is 0 Å². The van der Waals surface area contributed by atoms with E-state index in [4.69, 9.17) is 0 Å². The maximum Gasteiger partial charge on any atom is 0.310 e. The average Bonchev–Trinajstić information content (AvgIpc) is 2.94. The number of amides is 1. The van der Waals surface area contributed by atoms with Crippen molar-refractivity contribution < 1.29 is 18.7 Å². The van der Waals surface area contributed by atoms with Gasteiger partial charge < -0.3 is 9.64 Å². The number of hydrogen-bond acceptors (Lipinski definition) is 3. The third-order valence-corrected chi connectivity index (χ3v) is 3.30. The fourth-order valence-electron chi connectivity index (χ4n) is 2.20. The van der Waals surface area contributed by atoms with Crippen molar-refractivity contribution in [2.24, 2.45) is 5.92 Å². The summed E-state index contributed by atoms with van der Waals surface area (Å²) in [7, 11) is 1.34. The van der Waals surface area contributed by atoms with Gasteiger partial charge in [-0.2, -0.15) is 0 Å². The molecule has 1 unspecified atom stereocenters. The van der Waals surface area contributed by atoms with Crippen molar-refractivity contribution in [1.82, 2.24) is 4.90 Å². The summed E-state index contributed by atoms with van der Waals surface area (Å²) in [5.41, 5.74) is 0.627. The van der Waals surface area contributed by atoms with Crippen LogP contribution in [0.5, 0.6) is 0 Å². The quantitative estimate of drug-likeness (QED) is 0.626. The molecule has 1 heterocycles. The van der Waals surface area contributed by atoms with E-state index in [9.17, 15) is 14.0 Å². The van der Waals surface area contributed by atoms with Crippen molar-refractivity contribution in [3.8, 4) is 0 Å². The van der Waals surface area contributed by atoms with E-state index in [1.54, 1.807) is 23.1 Å². The van der Waals surface area contributed by atoms with Gasteiger partial charge in [-0.05, 0) is 30.2 Å². The fourth-order valence-corrected chi connectivity index (χ4v) is 2.20. The molecular weight excluding hydrogens is 261 g/mol. The molecule has 1 aromatic carbocycles. The minimum atomic E-state index is -0.341. The Balaban J connectivity index is 1.94. The molecule has 1 amide bonds. The topological polar surface area (TPSA) is 46.6 Å². The van der Waals surface area contributed by atoms with Crippen molar-refractivity contribution >= 4 is 18.0 Å². The monoisotopic (exact) mass is 277 g/mol. The highest BCUT2D eigenvalue weighted by Crippen LogP contribution is 2.18. The Kier molecular flexibility index (Phi) is 4.50. The molecule has 20 heavy (non-hydrogen) atoms. The van der Waals surface area contributed by atoms with Crippen molar-refractivity contribution in [3.05, 3.63) is 41.7 Å². The number of methoxy groups -OCH3 is 1. The van der Waals surface area contributed by atoms with E-state index in [-0.39, 0.29) is 23.6 Å². The molecule has 0 aliphatic carbocycles. The first-order chi connectivity index (χ1) is 9.60. The third kappa shape index (κ3) is 3.44. The molecule has 1 fully saturated rings. The van der Waals surface area contributed by atoms with Gasteiger partial charge >= 0.3 is 5.97 Å². The number of carbonyl (C=O) groups is 2. The first-order valence-corrected chi connectivity index (χ1v) is 6.40. The lowest BCUT2D eigenvalue weighted by Crippen LogP contribution is -2.28. The van der Waals surface area contributed by atoms with E-state index in [0.717, 1.165) is 0 Å². The van der Waals surface area contributed by atoms with Gasteiger partial charge in [-0.15, -0.1) is 0 Å². The van der Waals surface area contributed by atoms with Gasteiger partial charge in [0.05, 0.1) is 13.0 Å². The molecule has 1 aliphatic heterocycles. The maximum absolute atomic E-state index is 13.0. The van der Waals surface area contributed by atoms with Crippen LogP contribution >= 0.6 is 0 Å². The van der Waals surface area contributed by atoms with Crippen molar-refractivity contribution in [2.75, 3.05) is 20.2 Å². The van der Waals surface area contributed by atoms with Crippen molar-refractivity contribution in [2.45, 2.75) is 6.42 Å². The van der Waals surface area contributed by atoms with Gasteiger partial charge in [0.15, 0.2) is 0 Å². The number of nitrogens with zero attached hydrogens (tertiary/aromatic N) is 1. The molecule has 0 aromatic heterocycles. The van der Waals surface area contributed by atoms with Crippen LogP contribution in [0.3, 0.4) is 0 Å². The molecule has 1 aromatic rings. The highest BCUT2D eigenvalue weighted by atomic mass is 19.1. The van der Waals surface area contributed by atoms with E-state index in [0.29, 0.717) is 25.1 Å². The average molecular weight is 277 g/mol. The van der Waals surface area contributed by atoms with Crippen LogP contribution in [0.15, 0.2) is 30.3 Å². The molecule has 0 N–H and O–H groups in total. The molecule has 0 bridgehead atoms. The minimum absolute atomic E-state index is 0.180. The van der Waals surface area contributed by atoms with Crippen LogP contribution in [-0.2, 0) is 14.3 Å². The molecule has 4 nitrogen and oxygen atoms in total. The lowest BCUT2D eigenvalue weighted by Gasteiger charge is -2.13. The summed E-state index contributed by atoms with van der Waals surface area (Å²) in [6, 6.07) is 6.00. The molecule has 1 saturated heterocycles. The SMILES string of the molecule is COC(=O)C1CCN(C(=O)/C=C/c2cccc(F)c2)C1. The minimum Gasteiger partial charge on any atom is -0.469 e. The summed E-state index contributed by atoms with van der Waals surface area (Å²) in [5.74, 6) is -1.05. The van der Waals surface area contributed by atoms with Crippen LogP contribution in [0.2, 0.25) is 0 Å². The number of benzene rings is 1. The Hall–Kier alpha value is -2.17. The number of esters is 1. The second-order valence-corrected chi connectivity index (χ2v) is 4.68. The van der Waals surface area contributed by atoms with Gasteiger partial charge in [0.25, 0.3) is 0 Å². The highest BCUT2D eigenvalue weighted by molar-refractivity contribution is 5.92. The van der Waals surface area contributed by atoms with Crippen LogP contribution in [-0.4, -0.2) is 37.0 Å². The predicted octanol–water partition coefficient (Wildman–Crippen LogP) is 1.86. The summed E-state index contributed by atoms with van der Waals surface area (Å²) in [5, 5.41) is 0. The van der Waals surface area contributed by atoms with Crippen LogP contribution in [0, 0.1) is 11.7 Å². The molecule has 0 radical (unpaired) electrons. The number of ether oxygens (including phenoxy) is 1. The molecular formula is C15H16FNO3. The smallest absolute Gasteiger partial charge is 0.310 e. The molecule has 5 heteroatoms. The van der Waals surface area contributed by atoms with Crippen LogP contribution in [0.1, 0.15) is 12.0 Å².